The van der Waals surface area contributed by atoms with Gasteiger partial charge in [0.1, 0.15) is 18.2 Å². The lowest BCUT2D eigenvalue weighted by Gasteiger charge is -2.12. The van der Waals surface area contributed by atoms with Gasteiger partial charge in [-0.15, -0.1) is 0 Å². The van der Waals surface area contributed by atoms with Gasteiger partial charge in [0.2, 0.25) is 0 Å². The number of allylic oxidation sites excluding steroid dienone is 1. The fraction of sp³-hybridized carbons (Fsp3) is 0.0870. The quantitative estimate of drug-likeness (QED) is 0.311. The number of hydrogen-bond donors (Lipinski definition) is 0. The predicted octanol–water partition coefficient (Wildman–Crippen LogP) is 6.21. The Bertz CT molecular complexity index is 1060. The molecule has 0 heterocycles. The van der Waals surface area contributed by atoms with E-state index < -0.39 is 11.6 Å². The van der Waals surface area contributed by atoms with Gasteiger partial charge in [-0.2, -0.15) is 0 Å². The van der Waals surface area contributed by atoms with E-state index in [4.69, 9.17) is 9.47 Å². The molecule has 0 saturated carbocycles. The molecule has 29 heavy (non-hydrogen) atoms. The lowest BCUT2D eigenvalue weighted by molar-refractivity contribution is 0.104. The van der Waals surface area contributed by atoms with E-state index in [-0.39, 0.29) is 18.1 Å². The van der Waals surface area contributed by atoms with Gasteiger partial charge in [0.05, 0.1) is 7.11 Å². The monoisotopic (exact) mass is 458 g/mol. The number of carbonyl (C=O) groups excluding carboxylic acids is 1. The fourth-order valence-corrected chi connectivity index (χ4v) is 3.07. The zero-order valence-electron chi connectivity index (χ0n) is 15.5. The molecule has 148 valence electrons. The largest absolute Gasteiger partial charge is 0.496 e. The highest BCUT2D eigenvalue weighted by Gasteiger charge is 2.09. The summed E-state index contributed by atoms with van der Waals surface area (Å²) < 4.78 is 38.4. The Kier molecular flexibility index (Phi) is 6.77. The Labute approximate surface area is 175 Å². The number of carbonyl (C=O) groups is 1. The minimum atomic E-state index is -0.778. The Hall–Kier alpha value is -2.99. The average Bonchev–Trinajstić information content (AvgIpc) is 2.71. The van der Waals surface area contributed by atoms with Gasteiger partial charge in [0, 0.05) is 21.7 Å². The lowest BCUT2D eigenvalue weighted by Crippen LogP contribution is -2.01. The molecule has 0 atom stereocenters. The van der Waals surface area contributed by atoms with Gasteiger partial charge in [-0.05, 0) is 48.0 Å². The van der Waals surface area contributed by atoms with Crippen LogP contribution in [0.1, 0.15) is 21.5 Å². The van der Waals surface area contributed by atoms with Gasteiger partial charge in [0.25, 0.3) is 0 Å². The van der Waals surface area contributed by atoms with Crippen molar-refractivity contribution in [2.75, 3.05) is 7.11 Å². The molecule has 0 N–H and O–H groups in total. The van der Waals surface area contributed by atoms with Crippen molar-refractivity contribution in [3.8, 4) is 11.5 Å². The van der Waals surface area contributed by atoms with E-state index in [2.05, 4.69) is 15.9 Å². The van der Waals surface area contributed by atoms with E-state index in [1.54, 1.807) is 42.5 Å². The van der Waals surface area contributed by atoms with Gasteiger partial charge < -0.3 is 9.47 Å². The minimum Gasteiger partial charge on any atom is -0.496 e. The van der Waals surface area contributed by atoms with Crippen LogP contribution in [-0.4, -0.2) is 12.9 Å². The van der Waals surface area contributed by atoms with Gasteiger partial charge in [0.15, 0.2) is 17.3 Å². The van der Waals surface area contributed by atoms with Crippen LogP contribution in [-0.2, 0) is 6.61 Å². The maximum absolute atomic E-state index is 13.8. The lowest BCUT2D eigenvalue weighted by atomic mass is 10.1. The van der Waals surface area contributed by atoms with E-state index in [0.29, 0.717) is 16.9 Å². The number of rotatable bonds is 7. The zero-order valence-corrected chi connectivity index (χ0v) is 17.1. The SMILES string of the molecule is COc1ccc(/C=C/C(=O)c2cccc(Br)c2)cc1COc1ccc(F)cc1F. The molecule has 0 unspecified atom stereocenters. The molecule has 0 aliphatic rings. The topological polar surface area (TPSA) is 35.5 Å². The highest BCUT2D eigenvalue weighted by molar-refractivity contribution is 9.10. The first-order valence-corrected chi connectivity index (χ1v) is 9.48. The van der Waals surface area contributed by atoms with Gasteiger partial charge in [-0.3, -0.25) is 4.79 Å². The summed E-state index contributed by atoms with van der Waals surface area (Å²) in [5.74, 6) is -1.08. The maximum Gasteiger partial charge on any atom is 0.185 e. The van der Waals surface area contributed by atoms with Crippen molar-refractivity contribution < 1.29 is 23.0 Å². The molecule has 3 nitrogen and oxygen atoms in total. The first-order chi connectivity index (χ1) is 14.0. The number of methoxy groups -OCH3 is 1. The van der Waals surface area contributed by atoms with Gasteiger partial charge in [-0.1, -0.05) is 40.2 Å². The van der Waals surface area contributed by atoms with Crippen LogP contribution < -0.4 is 9.47 Å². The zero-order chi connectivity index (χ0) is 20.8. The normalized spacial score (nSPS) is 10.9. The maximum atomic E-state index is 13.8. The Morgan fingerprint density at radius 1 is 1.03 bits per heavy atom. The Morgan fingerprint density at radius 3 is 2.55 bits per heavy atom. The van der Waals surface area contributed by atoms with Crippen molar-refractivity contribution in [1.82, 2.24) is 0 Å². The second-order valence-corrected chi connectivity index (χ2v) is 7.06. The van der Waals surface area contributed by atoms with Gasteiger partial charge in [-0.25, -0.2) is 8.78 Å². The third kappa shape index (κ3) is 5.51. The van der Waals surface area contributed by atoms with E-state index >= 15 is 0 Å². The van der Waals surface area contributed by atoms with E-state index in [9.17, 15) is 13.6 Å². The van der Waals surface area contributed by atoms with Crippen LogP contribution in [0, 0.1) is 11.6 Å². The third-order valence-electron chi connectivity index (χ3n) is 4.12. The van der Waals surface area contributed by atoms with Crippen molar-refractivity contribution in [1.29, 1.82) is 0 Å². The molecule has 0 amide bonds. The average molecular weight is 459 g/mol. The number of ether oxygens (including phenoxy) is 2. The molecule has 0 spiro atoms. The number of benzene rings is 3. The van der Waals surface area contributed by atoms with E-state index in [1.807, 2.05) is 6.07 Å². The Balaban J connectivity index is 1.76. The van der Waals surface area contributed by atoms with Crippen molar-refractivity contribution in [2.24, 2.45) is 0 Å². The predicted molar refractivity (Wildman–Crippen MR) is 111 cm³/mol. The summed E-state index contributed by atoms with van der Waals surface area (Å²) in [5, 5.41) is 0. The van der Waals surface area contributed by atoms with Crippen LogP contribution in [0.2, 0.25) is 0 Å². The van der Waals surface area contributed by atoms with Crippen LogP contribution >= 0.6 is 15.9 Å². The molecule has 3 aromatic carbocycles. The van der Waals surface area contributed by atoms with Gasteiger partial charge >= 0.3 is 0 Å². The summed E-state index contributed by atoms with van der Waals surface area (Å²) in [6, 6.07) is 15.6. The summed E-state index contributed by atoms with van der Waals surface area (Å²) in [6.45, 7) is 0.0208. The number of ketones is 1. The molecule has 0 radical (unpaired) electrons. The summed E-state index contributed by atoms with van der Waals surface area (Å²) in [5.41, 5.74) is 1.99. The molecule has 0 aliphatic heterocycles. The minimum absolute atomic E-state index is 0.0208. The van der Waals surface area contributed by atoms with Crippen LogP contribution in [0.5, 0.6) is 11.5 Å². The van der Waals surface area contributed by atoms with Crippen LogP contribution in [0.25, 0.3) is 6.08 Å². The van der Waals surface area contributed by atoms with Crippen LogP contribution in [0.15, 0.2) is 71.2 Å². The molecule has 0 fully saturated rings. The standard InChI is InChI=1S/C23H17BrF2O3/c1-28-22-9-6-15(5-8-21(27)16-3-2-4-18(24)12-16)11-17(22)14-29-23-10-7-19(25)13-20(23)26/h2-13H,14H2,1H3/b8-5+. The summed E-state index contributed by atoms with van der Waals surface area (Å²) in [6.07, 6.45) is 3.17. The molecular formula is C23H17BrF2O3. The highest BCUT2D eigenvalue weighted by atomic mass is 79.9. The molecule has 3 rings (SSSR count). The molecule has 0 aliphatic carbocycles. The van der Waals surface area contributed by atoms with Crippen molar-refractivity contribution in [2.45, 2.75) is 6.61 Å². The Morgan fingerprint density at radius 2 is 1.83 bits per heavy atom. The summed E-state index contributed by atoms with van der Waals surface area (Å²) in [4.78, 5) is 12.3. The molecule has 0 bridgehead atoms. The van der Waals surface area contributed by atoms with Crippen molar-refractivity contribution in [3.05, 3.63) is 99.5 Å². The summed E-state index contributed by atoms with van der Waals surface area (Å²) >= 11 is 3.35. The molecular weight excluding hydrogens is 442 g/mol. The highest BCUT2D eigenvalue weighted by Crippen LogP contribution is 2.25. The second kappa shape index (κ2) is 9.47. The molecule has 6 heteroatoms. The first kappa shape index (κ1) is 20.7. The first-order valence-electron chi connectivity index (χ1n) is 8.69. The van der Waals surface area contributed by atoms with E-state index in [0.717, 1.165) is 22.2 Å². The van der Waals surface area contributed by atoms with Crippen molar-refractivity contribution in [3.63, 3.8) is 0 Å². The molecule has 0 saturated heterocycles. The number of hydrogen-bond acceptors (Lipinski definition) is 3. The van der Waals surface area contributed by atoms with Crippen molar-refractivity contribution >= 4 is 27.8 Å². The second-order valence-electron chi connectivity index (χ2n) is 6.14. The van der Waals surface area contributed by atoms with E-state index in [1.165, 1.54) is 19.3 Å². The molecule has 0 aromatic heterocycles. The number of halogens is 3. The fourth-order valence-electron chi connectivity index (χ4n) is 2.67. The smallest absolute Gasteiger partial charge is 0.185 e. The van der Waals surface area contributed by atoms with Crippen LogP contribution in [0.3, 0.4) is 0 Å². The summed E-state index contributed by atoms with van der Waals surface area (Å²) in [7, 11) is 1.52. The molecule has 3 aromatic rings. The third-order valence-corrected chi connectivity index (χ3v) is 4.61. The van der Waals surface area contributed by atoms with Crippen LogP contribution in [0.4, 0.5) is 8.78 Å².